The maximum Gasteiger partial charge on any atom is 0.309 e. The number of nitrogens with zero attached hydrogens (tertiary/aromatic N) is 1. The van der Waals surface area contributed by atoms with Gasteiger partial charge in [-0.25, -0.2) is 8.42 Å². The zero-order valence-electron chi connectivity index (χ0n) is 20.1. The first-order chi connectivity index (χ1) is 17.5. The van der Waals surface area contributed by atoms with Crippen molar-refractivity contribution in [2.75, 3.05) is 29.9 Å². The monoisotopic (exact) mass is 660 g/mol. The number of benzene rings is 3. The summed E-state index contributed by atoms with van der Waals surface area (Å²) in [6.07, 6.45) is 0. The molecule has 198 valence electrons. The van der Waals surface area contributed by atoms with Gasteiger partial charge in [-0.05, 0) is 46.0 Å². The van der Waals surface area contributed by atoms with Gasteiger partial charge in [0.05, 0.1) is 24.8 Å². The molecule has 0 aliphatic carbocycles. The molecule has 0 saturated heterocycles. The van der Waals surface area contributed by atoms with Crippen LogP contribution in [0, 0.1) is 0 Å². The van der Waals surface area contributed by atoms with Crippen molar-refractivity contribution in [3.8, 4) is 11.5 Å². The quantitative estimate of drug-likeness (QED) is 0.173. The van der Waals surface area contributed by atoms with E-state index in [2.05, 4.69) is 5.32 Å². The predicted molar refractivity (Wildman–Crippen MR) is 153 cm³/mol. The number of hydrogen-bond acceptors (Lipinski definition) is 6. The lowest BCUT2D eigenvalue weighted by molar-refractivity contribution is -0.118. The Morgan fingerprint density at radius 1 is 1.16 bits per heavy atom. The van der Waals surface area contributed by atoms with E-state index < -0.39 is 32.1 Å². The standard InChI is InChI=1S/C25H27FIN2O6PS/c1-3-34-22-14-18(28-24(31)21(16-30)17-8-5-4-6-9-17)12-13-23(22)37(32,33)29(2)19-10-7-11-20(15-19)35-25(26,27)36/h4-15,21,30H,3,16,36H2,1-2H3,(H,28,31). The third-order valence-corrected chi connectivity index (χ3v) is 7.45. The molecule has 3 rings (SSSR count). The molecule has 3 unspecified atom stereocenters. The zero-order chi connectivity index (χ0) is 27.2. The van der Waals surface area contributed by atoms with Crippen LogP contribution in [0.25, 0.3) is 0 Å². The second-order valence-corrected chi connectivity index (χ2v) is 13.2. The number of amides is 1. The van der Waals surface area contributed by atoms with E-state index >= 15 is 0 Å². The number of halogens is 2. The molecule has 3 aromatic carbocycles. The molecule has 0 aliphatic heterocycles. The maximum absolute atomic E-state index is 13.9. The van der Waals surface area contributed by atoms with Crippen LogP contribution in [-0.4, -0.2) is 43.3 Å². The third kappa shape index (κ3) is 7.53. The maximum atomic E-state index is 13.9. The van der Waals surface area contributed by atoms with Gasteiger partial charge in [-0.15, -0.1) is 0 Å². The highest BCUT2D eigenvalue weighted by Crippen LogP contribution is 2.36. The molecule has 1 amide bonds. The van der Waals surface area contributed by atoms with Crippen LogP contribution in [-0.2, 0) is 14.8 Å². The minimum absolute atomic E-state index is 0.0415. The number of aliphatic hydroxyl groups excluding tert-OH is 1. The summed E-state index contributed by atoms with van der Waals surface area (Å²) in [7, 11) is -0.854. The largest absolute Gasteiger partial charge is 0.492 e. The fourth-order valence-electron chi connectivity index (χ4n) is 3.51. The third-order valence-electron chi connectivity index (χ3n) is 5.29. The molecular formula is C25H27FIN2O6PS. The number of rotatable bonds is 11. The molecule has 12 heteroatoms. The van der Waals surface area contributed by atoms with Crippen LogP contribution >= 0.6 is 31.8 Å². The van der Waals surface area contributed by atoms with Crippen LogP contribution in [0.2, 0.25) is 0 Å². The second-order valence-electron chi connectivity index (χ2n) is 7.86. The van der Waals surface area contributed by atoms with Crippen LogP contribution in [0.4, 0.5) is 15.8 Å². The molecule has 0 saturated carbocycles. The van der Waals surface area contributed by atoms with Crippen molar-refractivity contribution >= 4 is 59.1 Å². The highest BCUT2D eigenvalue weighted by Gasteiger charge is 2.28. The Morgan fingerprint density at radius 2 is 1.86 bits per heavy atom. The lowest BCUT2D eigenvalue weighted by atomic mass is 9.99. The number of anilines is 2. The molecule has 8 nitrogen and oxygen atoms in total. The number of hydrogen-bond donors (Lipinski definition) is 2. The Kier molecular flexibility index (Phi) is 9.74. The van der Waals surface area contributed by atoms with E-state index in [1.807, 2.05) is 15.3 Å². The van der Waals surface area contributed by atoms with E-state index in [9.17, 15) is 22.7 Å². The zero-order valence-corrected chi connectivity index (χ0v) is 24.2. The first-order valence-electron chi connectivity index (χ1n) is 11.1. The van der Waals surface area contributed by atoms with Crippen molar-refractivity contribution in [3.05, 3.63) is 78.4 Å². The van der Waals surface area contributed by atoms with Crippen molar-refractivity contribution in [1.29, 1.82) is 0 Å². The van der Waals surface area contributed by atoms with Crippen LogP contribution in [0.3, 0.4) is 0 Å². The summed E-state index contributed by atoms with van der Waals surface area (Å²) in [5.41, 5.74) is 1.20. The van der Waals surface area contributed by atoms with Crippen LogP contribution in [0.1, 0.15) is 18.4 Å². The molecule has 0 heterocycles. The number of aliphatic hydroxyl groups is 1. The van der Waals surface area contributed by atoms with Crippen molar-refractivity contribution in [2.24, 2.45) is 0 Å². The van der Waals surface area contributed by atoms with Crippen molar-refractivity contribution in [2.45, 2.75) is 21.3 Å². The van der Waals surface area contributed by atoms with Gasteiger partial charge in [-0.3, -0.25) is 9.10 Å². The van der Waals surface area contributed by atoms with Gasteiger partial charge in [0.2, 0.25) is 5.91 Å². The van der Waals surface area contributed by atoms with Crippen LogP contribution in [0.15, 0.2) is 77.7 Å². The topological polar surface area (TPSA) is 105 Å². The van der Waals surface area contributed by atoms with E-state index in [0.29, 0.717) is 11.3 Å². The Balaban J connectivity index is 1.89. The number of ether oxygens (including phenoxy) is 2. The summed E-state index contributed by atoms with van der Waals surface area (Å²) in [4.78, 5) is 12.7. The lowest BCUT2D eigenvalue weighted by Gasteiger charge is -2.23. The highest BCUT2D eigenvalue weighted by atomic mass is 127. The molecule has 0 aliphatic rings. The minimum Gasteiger partial charge on any atom is -0.492 e. The fraction of sp³-hybridized carbons (Fsp3) is 0.240. The second kappa shape index (κ2) is 12.4. The van der Waals surface area contributed by atoms with E-state index in [-0.39, 0.29) is 28.7 Å². The summed E-state index contributed by atoms with van der Waals surface area (Å²) in [5, 5.41) is 12.5. The Hall–Kier alpha value is -2.47. The van der Waals surface area contributed by atoms with Gasteiger partial charge in [0.15, 0.2) is 0 Å². The normalized spacial score (nSPS) is 13.8. The first-order valence-corrected chi connectivity index (χ1v) is 14.2. The highest BCUT2D eigenvalue weighted by molar-refractivity contribution is 14.1. The average Bonchev–Trinajstić information content (AvgIpc) is 2.84. The van der Waals surface area contributed by atoms with Gasteiger partial charge >= 0.3 is 3.60 Å². The van der Waals surface area contributed by atoms with E-state index in [4.69, 9.17) is 9.47 Å². The van der Waals surface area contributed by atoms with Gasteiger partial charge < -0.3 is 19.9 Å². The predicted octanol–water partition coefficient (Wildman–Crippen LogP) is 4.89. The number of nitrogens with one attached hydrogen (secondary N) is 1. The first kappa shape index (κ1) is 29.1. The molecule has 0 radical (unpaired) electrons. The van der Waals surface area contributed by atoms with Crippen LogP contribution < -0.4 is 19.1 Å². The lowest BCUT2D eigenvalue weighted by Crippen LogP contribution is -2.27. The molecule has 0 aromatic heterocycles. The SMILES string of the molecule is CCOc1cc(NC(=O)C(CO)c2ccccc2)ccc1S(=O)(=O)N(C)c1cccc(OC(F)(P)I)c1. The van der Waals surface area contributed by atoms with Crippen LogP contribution in [0.5, 0.6) is 11.5 Å². The van der Waals surface area contributed by atoms with E-state index in [1.165, 1.54) is 60.0 Å². The smallest absolute Gasteiger partial charge is 0.309 e. The summed E-state index contributed by atoms with van der Waals surface area (Å²) in [5.74, 6) is -1.06. The molecular weight excluding hydrogens is 633 g/mol. The van der Waals surface area contributed by atoms with Crippen molar-refractivity contribution in [3.63, 3.8) is 0 Å². The molecule has 2 N–H and O–H groups in total. The number of carbonyl (C=O) groups excluding carboxylic acids is 1. The minimum atomic E-state index is -4.12. The van der Waals surface area contributed by atoms with Crippen molar-refractivity contribution < 1.29 is 32.2 Å². The molecule has 0 spiro atoms. The summed E-state index contributed by atoms with van der Waals surface area (Å²) in [6, 6.07) is 19.1. The van der Waals surface area contributed by atoms with Gasteiger partial charge in [-0.2, -0.15) is 4.39 Å². The number of alkyl halides is 2. The molecule has 0 bridgehead atoms. The van der Waals surface area contributed by atoms with E-state index in [1.54, 1.807) is 43.3 Å². The number of carbonyl (C=O) groups is 1. The molecule has 37 heavy (non-hydrogen) atoms. The Labute approximate surface area is 231 Å². The Bertz CT molecular complexity index is 1340. The van der Waals surface area contributed by atoms with Gasteiger partial charge in [0.25, 0.3) is 10.0 Å². The summed E-state index contributed by atoms with van der Waals surface area (Å²) in [6.45, 7) is 1.49. The molecule has 3 aromatic rings. The van der Waals surface area contributed by atoms with Crippen molar-refractivity contribution in [1.82, 2.24) is 0 Å². The van der Waals surface area contributed by atoms with Gasteiger partial charge in [0, 0.05) is 47.5 Å². The van der Waals surface area contributed by atoms with E-state index in [0.717, 1.165) is 4.31 Å². The van der Waals surface area contributed by atoms with Gasteiger partial charge in [-0.1, -0.05) is 36.4 Å². The molecule has 3 atom stereocenters. The summed E-state index contributed by atoms with van der Waals surface area (Å²) >= 11 is 1.45. The summed E-state index contributed by atoms with van der Waals surface area (Å²) < 4.78 is 50.6. The molecule has 0 fully saturated rings. The average molecular weight is 660 g/mol. The fourth-order valence-corrected chi connectivity index (χ4v) is 5.20. The van der Waals surface area contributed by atoms with Gasteiger partial charge in [0.1, 0.15) is 16.4 Å². The Morgan fingerprint density at radius 3 is 2.49 bits per heavy atom. The number of sulfonamides is 1.